The summed E-state index contributed by atoms with van der Waals surface area (Å²) in [6, 6.07) is 17.9. The number of carbonyl (C=O) groups excluding carboxylic acids is 1. The van der Waals surface area contributed by atoms with Crippen molar-refractivity contribution in [2.45, 2.75) is 18.9 Å². The molecule has 3 rings (SSSR count). The molecule has 1 aliphatic heterocycles. The van der Waals surface area contributed by atoms with Gasteiger partial charge in [-0.15, -0.1) is 0 Å². The Hall–Kier alpha value is -2.09. The normalized spacial score (nSPS) is 22.2. The minimum Gasteiger partial charge on any atom is -0.452 e. The maximum atomic E-state index is 11.9. The van der Waals surface area contributed by atoms with E-state index in [2.05, 4.69) is 0 Å². The Labute approximate surface area is 106 Å². The van der Waals surface area contributed by atoms with Crippen LogP contribution in [-0.4, -0.2) is 5.97 Å². The van der Waals surface area contributed by atoms with Gasteiger partial charge in [0, 0.05) is 5.56 Å². The highest BCUT2D eigenvalue weighted by Crippen LogP contribution is 2.37. The average Bonchev–Trinajstić information content (AvgIpc) is 2.44. The van der Waals surface area contributed by atoms with Crippen LogP contribution in [-0.2, 0) is 9.53 Å². The van der Waals surface area contributed by atoms with Crippen LogP contribution in [0, 0.1) is 0 Å². The van der Waals surface area contributed by atoms with Crippen molar-refractivity contribution < 1.29 is 9.53 Å². The molecule has 1 heterocycles. The third-order valence-corrected chi connectivity index (χ3v) is 3.43. The van der Waals surface area contributed by atoms with Crippen LogP contribution in [0.15, 0.2) is 54.6 Å². The van der Waals surface area contributed by atoms with E-state index in [0.717, 1.165) is 16.7 Å². The molecule has 0 radical (unpaired) electrons. The molecule has 1 aliphatic rings. The average molecular weight is 238 g/mol. The molecule has 18 heavy (non-hydrogen) atoms. The Morgan fingerprint density at radius 1 is 0.889 bits per heavy atom. The molecule has 2 nitrogen and oxygen atoms in total. The Morgan fingerprint density at radius 2 is 1.50 bits per heavy atom. The zero-order valence-electron chi connectivity index (χ0n) is 10.2. The number of esters is 1. The van der Waals surface area contributed by atoms with Gasteiger partial charge in [0.15, 0.2) is 6.10 Å². The fraction of sp³-hybridized carbons (Fsp3) is 0.188. The number of rotatable bonds is 1. The maximum Gasteiger partial charge on any atom is 0.314 e. The zero-order chi connectivity index (χ0) is 12.5. The standard InChI is InChI=1S/C16H14O2/c1-11-13-9-5-6-10-14(13)15(18-16(11)17)12-7-3-2-4-8-12/h2-11,15H,1H3/t11-,15-/m0/s1. The van der Waals surface area contributed by atoms with Crippen LogP contribution >= 0.6 is 0 Å². The Bertz CT molecular complexity index is 575. The fourth-order valence-electron chi connectivity index (χ4n) is 2.43. The molecule has 0 bridgehead atoms. The summed E-state index contributed by atoms with van der Waals surface area (Å²) in [6.07, 6.45) is -0.272. The van der Waals surface area contributed by atoms with Crippen molar-refractivity contribution >= 4 is 5.97 Å². The molecule has 2 heteroatoms. The van der Waals surface area contributed by atoms with Gasteiger partial charge in [0.1, 0.15) is 0 Å². The molecule has 0 saturated heterocycles. The van der Waals surface area contributed by atoms with Gasteiger partial charge in [-0.3, -0.25) is 4.79 Å². The van der Waals surface area contributed by atoms with Crippen molar-refractivity contribution in [2.75, 3.05) is 0 Å². The van der Waals surface area contributed by atoms with Gasteiger partial charge in [-0.05, 0) is 18.1 Å². The molecule has 0 N–H and O–H groups in total. The molecule has 0 fully saturated rings. The number of hydrogen-bond donors (Lipinski definition) is 0. The van der Waals surface area contributed by atoms with Crippen molar-refractivity contribution in [3.05, 3.63) is 71.3 Å². The highest BCUT2D eigenvalue weighted by Gasteiger charge is 2.32. The van der Waals surface area contributed by atoms with E-state index < -0.39 is 0 Å². The molecule has 2 aromatic carbocycles. The maximum absolute atomic E-state index is 11.9. The van der Waals surface area contributed by atoms with E-state index >= 15 is 0 Å². The largest absolute Gasteiger partial charge is 0.452 e. The molecule has 0 unspecified atom stereocenters. The topological polar surface area (TPSA) is 26.3 Å². The van der Waals surface area contributed by atoms with E-state index in [1.807, 2.05) is 61.5 Å². The summed E-state index contributed by atoms with van der Waals surface area (Å²) in [5.74, 6) is -0.330. The molecule has 0 amide bonds. The number of hydrogen-bond acceptors (Lipinski definition) is 2. The summed E-state index contributed by atoms with van der Waals surface area (Å²) in [6.45, 7) is 1.89. The van der Waals surface area contributed by atoms with Gasteiger partial charge in [0.25, 0.3) is 0 Å². The third-order valence-electron chi connectivity index (χ3n) is 3.43. The number of benzene rings is 2. The lowest BCUT2D eigenvalue weighted by molar-refractivity contribution is -0.150. The quantitative estimate of drug-likeness (QED) is 0.711. The molecular formula is C16H14O2. The summed E-state index contributed by atoms with van der Waals surface area (Å²) < 4.78 is 5.57. The fourth-order valence-corrected chi connectivity index (χ4v) is 2.43. The molecule has 0 aromatic heterocycles. The van der Waals surface area contributed by atoms with Crippen LogP contribution in [0.3, 0.4) is 0 Å². The predicted octanol–water partition coefficient (Wildman–Crippen LogP) is 3.44. The summed E-state index contributed by atoms with van der Waals surface area (Å²) in [7, 11) is 0. The third kappa shape index (κ3) is 1.70. The molecule has 90 valence electrons. The minimum atomic E-state index is -0.272. The first-order chi connectivity index (χ1) is 8.77. The van der Waals surface area contributed by atoms with Gasteiger partial charge in [0.05, 0.1) is 5.92 Å². The van der Waals surface area contributed by atoms with Crippen LogP contribution in [0.4, 0.5) is 0 Å². The van der Waals surface area contributed by atoms with Gasteiger partial charge in [-0.1, -0.05) is 54.6 Å². The van der Waals surface area contributed by atoms with Crippen molar-refractivity contribution in [2.24, 2.45) is 0 Å². The minimum absolute atomic E-state index is 0.150. The van der Waals surface area contributed by atoms with Crippen LogP contribution in [0.1, 0.15) is 35.6 Å². The Balaban J connectivity index is 2.13. The zero-order valence-corrected chi connectivity index (χ0v) is 10.2. The Morgan fingerprint density at radius 3 is 2.22 bits per heavy atom. The highest BCUT2D eigenvalue weighted by atomic mass is 16.5. The van der Waals surface area contributed by atoms with Crippen molar-refractivity contribution in [3.8, 4) is 0 Å². The second-order valence-corrected chi connectivity index (χ2v) is 4.58. The van der Waals surface area contributed by atoms with Gasteiger partial charge in [-0.25, -0.2) is 0 Å². The first-order valence-corrected chi connectivity index (χ1v) is 6.11. The van der Waals surface area contributed by atoms with Crippen molar-refractivity contribution in [3.63, 3.8) is 0 Å². The summed E-state index contributed by atoms with van der Waals surface area (Å²) in [4.78, 5) is 11.9. The molecular weight excluding hydrogens is 224 g/mol. The first-order valence-electron chi connectivity index (χ1n) is 6.11. The van der Waals surface area contributed by atoms with Crippen LogP contribution in [0.2, 0.25) is 0 Å². The van der Waals surface area contributed by atoms with Crippen molar-refractivity contribution in [1.29, 1.82) is 0 Å². The number of cyclic esters (lactones) is 1. The summed E-state index contributed by atoms with van der Waals surface area (Å²) >= 11 is 0. The van der Waals surface area contributed by atoms with Gasteiger partial charge in [-0.2, -0.15) is 0 Å². The highest BCUT2D eigenvalue weighted by molar-refractivity contribution is 5.80. The molecule has 2 aromatic rings. The lowest BCUT2D eigenvalue weighted by atomic mass is 9.87. The van der Waals surface area contributed by atoms with Crippen molar-refractivity contribution in [1.82, 2.24) is 0 Å². The van der Waals surface area contributed by atoms with E-state index in [9.17, 15) is 4.79 Å². The van der Waals surface area contributed by atoms with Crippen LogP contribution < -0.4 is 0 Å². The summed E-state index contributed by atoms with van der Waals surface area (Å²) in [5.41, 5.74) is 3.18. The lowest BCUT2D eigenvalue weighted by Gasteiger charge is -2.29. The van der Waals surface area contributed by atoms with Gasteiger partial charge >= 0.3 is 5.97 Å². The van der Waals surface area contributed by atoms with E-state index in [0.29, 0.717) is 0 Å². The van der Waals surface area contributed by atoms with Crippen LogP contribution in [0.25, 0.3) is 0 Å². The number of fused-ring (bicyclic) bond motifs is 1. The van der Waals surface area contributed by atoms with E-state index in [1.54, 1.807) is 0 Å². The number of ether oxygens (including phenoxy) is 1. The Kier molecular flexibility index (Phi) is 2.63. The van der Waals surface area contributed by atoms with Crippen LogP contribution in [0.5, 0.6) is 0 Å². The number of carbonyl (C=O) groups is 1. The lowest BCUT2D eigenvalue weighted by Crippen LogP contribution is -2.25. The van der Waals surface area contributed by atoms with Gasteiger partial charge < -0.3 is 4.74 Å². The molecule has 0 aliphatic carbocycles. The van der Waals surface area contributed by atoms with E-state index in [-0.39, 0.29) is 18.0 Å². The molecule has 2 atom stereocenters. The predicted molar refractivity (Wildman–Crippen MR) is 69.2 cm³/mol. The van der Waals surface area contributed by atoms with E-state index in [1.165, 1.54) is 0 Å². The second-order valence-electron chi connectivity index (χ2n) is 4.58. The smallest absolute Gasteiger partial charge is 0.314 e. The van der Waals surface area contributed by atoms with E-state index in [4.69, 9.17) is 4.74 Å². The monoisotopic (exact) mass is 238 g/mol. The SMILES string of the molecule is C[C@@H]1C(=O)O[C@@H](c2ccccc2)c2ccccc21. The second kappa shape index (κ2) is 4.30. The van der Waals surface area contributed by atoms with Gasteiger partial charge in [0.2, 0.25) is 0 Å². The first kappa shape index (κ1) is 11.0. The summed E-state index contributed by atoms with van der Waals surface area (Å²) in [5, 5.41) is 0. The molecule has 0 saturated carbocycles. The molecule has 0 spiro atoms.